The van der Waals surface area contributed by atoms with E-state index in [-0.39, 0.29) is 11.3 Å². The largest absolute Gasteiger partial charge is 0.326 e. The molecule has 2 aromatic rings. The normalized spacial score (nSPS) is 14.4. The summed E-state index contributed by atoms with van der Waals surface area (Å²) in [7, 11) is 0. The van der Waals surface area contributed by atoms with Gasteiger partial charge in [0.1, 0.15) is 11.4 Å². The second kappa shape index (κ2) is 6.65. The van der Waals surface area contributed by atoms with Gasteiger partial charge in [-0.1, -0.05) is 18.7 Å². The van der Waals surface area contributed by atoms with E-state index in [9.17, 15) is 0 Å². The van der Waals surface area contributed by atoms with E-state index in [0.29, 0.717) is 0 Å². The Bertz CT molecular complexity index is 489. The first-order valence-corrected chi connectivity index (χ1v) is 8.13. The maximum absolute atomic E-state index is 6.23. The molecule has 18 heavy (non-hydrogen) atoms. The summed E-state index contributed by atoms with van der Waals surface area (Å²) >= 11 is 6.93. The van der Waals surface area contributed by atoms with Crippen molar-refractivity contribution >= 4 is 39.0 Å². The third kappa shape index (κ3) is 3.54. The number of rotatable bonds is 5. The smallest absolute Gasteiger partial charge is 0.116 e. The lowest BCUT2D eigenvalue weighted by Gasteiger charge is -2.20. The molecule has 0 saturated carbocycles. The summed E-state index contributed by atoms with van der Waals surface area (Å²) in [5, 5.41) is 1.20. The van der Waals surface area contributed by atoms with Crippen LogP contribution in [0.1, 0.15) is 23.5 Å². The highest BCUT2D eigenvalue weighted by Gasteiger charge is 2.22. The average molecular weight is 344 g/mol. The second-order valence-electron chi connectivity index (χ2n) is 3.80. The van der Waals surface area contributed by atoms with Crippen LogP contribution < -0.4 is 5.73 Å². The first-order valence-electron chi connectivity index (χ1n) is 5.64. The lowest BCUT2D eigenvalue weighted by Crippen LogP contribution is -2.25. The average Bonchev–Trinajstić information content (AvgIpc) is 2.83. The van der Waals surface area contributed by atoms with Gasteiger partial charge in [-0.3, -0.25) is 0 Å². The predicted octanol–water partition coefficient (Wildman–Crippen LogP) is 3.87. The van der Waals surface area contributed by atoms with Crippen molar-refractivity contribution in [3.63, 3.8) is 0 Å². The topological polar surface area (TPSA) is 51.8 Å². The Labute approximate surface area is 123 Å². The van der Waals surface area contributed by atoms with Crippen molar-refractivity contribution in [1.29, 1.82) is 0 Å². The molecule has 2 unspecified atom stereocenters. The molecule has 0 radical (unpaired) electrons. The zero-order valence-electron chi connectivity index (χ0n) is 9.91. The monoisotopic (exact) mass is 343 g/mol. The maximum Gasteiger partial charge on any atom is 0.116 e. The fourth-order valence-corrected chi connectivity index (χ4v) is 4.37. The van der Waals surface area contributed by atoms with Gasteiger partial charge in [-0.25, -0.2) is 9.97 Å². The van der Waals surface area contributed by atoms with Gasteiger partial charge in [0.15, 0.2) is 0 Å². The Morgan fingerprint density at radius 2 is 2.28 bits per heavy atom. The lowest BCUT2D eigenvalue weighted by atomic mass is 10.1. The van der Waals surface area contributed by atoms with Crippen molar-refractivity contribution in [1.82, 2.24) is 9.97 Å². The van der Waals surface area contributed by atoms with E-state index in [1.54, 1.807) is 35.6 Å². The summed E-state index contributed by atoms with van der Waals surface area (Å²) in [6, 6.07) is 6.23. The number of hydrogen-bond acceptors (Lipinski definition) is 5. The number of thiophene rings is 1. The summed E-state index contributed by atoms with van der Waals surface area (Å²) in [5.41, 5.74) is 6.23. The standard InChI is InChI=1S/C12H14BrN3S2/c1-2-8(14)12(9-3-4-10(13)17-9)18-11-5-6-15-7-16-11/h3-8,12H,2,14H2,1H3. The van der Waals surface area contributed by atoms with Crippen LogP contribution in [-0.4, -0.2) is 16.0 Å². The highest BCUT2D eigenvalue weighted by Crippen LogP contribution is 2.41. The Morgan fingerprint density at radius 1 is 1.44 bits per heavy atom. The second-order valence-corrected chi connectivity index (χ2v) is 7.46. The first-order chi connectivity index (χ1) is 8.70. The Kier molecular flexibility index (Phi) is 5.17. The number of aromatic nitrogens is 2. The molecule has 6 heteroatoms. The van der Waals surface area contributed by atoms with Crippen LogP contribution in [0.5, 0.6) is 0 Å². The zero-order chi connectivity index (χ0) is 13.0. The molecule has 0 bridgehead atoms. The Balaban J connectivity index is 2.21. The van der Waals surface area contributed by atoms with Crippen LogP contribution in [0.2, 0.25) is 0 Å². The molecule has 0 saturated heterocycles. The SMILES string of the molecule is CCC(N)C(Sc1ccncn1)c1ccc(Br)s1. The van der Waals surface area contributed by atoms with Gasteiger partial charge in [0, 0.05) is 17.1 Å². The molecule has 0 aliphatic heterocycles. The summed E-state index contributed by atoms with van der Waals surface area (Å²) in [6.07, 6.45) is 4.27. The highest BCUT2D eigenvalue weighted by atomic mass is 79.9. The van der Waals surface area contributed by atoms with E-state index in [1.165, 1.54) is 4.88 Å². The summed E-state index contributed by atoms with van der Waals surface area (Å²) < 4.78 is 1.13. The van der Waals surface area contributed by atoms with E-state index in [4.69, 9.17) is 5.73 Å². The van der Waals surface area contributed by atoms with Crippen molar-refractivity contribution in [3.05, 3.63) is 39.4 Å². The van der Waals surface area contributed by atoms with Crippen LogP contribution >= 0.6 is 39.0 Å². The van der Waals surface area contributed by atoms with Crippen molar-refractivity contribution in [3.8, 4) is 0 Å². The van der Waals surface area contributed by atoms with Gasteiger partial charge in [0.25, 0.3) is 0 Å². The Morgan fingerprint density at radius 3 is 2.83 bits per heavy atom. The van der Waals surface area contributed by atoms with E-state index in [0.717, 1.165) is 15.2 Å². The fourth-order valence-electron chi connectivity index (χ4n) is 1.53. The molecular formula is C12H14BrN3S2. The van der Waals surface area contributed by atoms with E-state index < -0.39 is 0 Å². The molecule has 2 heterocycles. The van der Waals surface area contributed by atoms with Gasteiger partial charge in [-0.05, 0) is 40.5 Å². The molecule has 0 amide bonds. The summed E-state index contributed by atoms with van der Waals surface area (Å²) in [4.78, 5) is 9.47. The van der Waals surface area contributed by atoms with Crippen LogP contribution in [0, 0.1) is 0 Å². The molecular weight excluding hydrogens is 330 g/mol. The van der Waals surface area contributed by atoms with Crippen LogP contribution in [0.25, 0.3) is 0 Å². The number of thioether (sulfide) groups is 1. The van der Waals surface area contributed by atoms with Crippen LogP contribution in [-0.2, 0) is 0 Å². The van der Waals surface area contributed by atoms with Gasteiger partial charge in [0.05, 0.1) is 9.04 Å². The summed E-state index contributed by atoms with van der Waals surface area (Å²) in [5.74, 6) is 0. The minimum absolute atomic E-state index is 0.121. The summed E-state index contributed by atoms with van der Waals surface area (Å²) in [6.45, 7) is 2.11. The van der Waals surface area contributed by atoms with E-state index in [1.807, 2.05) is 6.07 Å². The van der Waals surface area contributed by atoms with Crippen molar-refractivity contribution in [2.24, 2.45) is 5.73 Å². The molecule has 0 aliphatic rings. The van der Waals surface area contributed by atoms with Crippen LogP contribution in [0.3, 0.4) is 0 Å². The first kappa shape index (κ1) is 14.0. The number of halogens is 1. The molecule has 0 spiro atoms. The number of hydrogen-bond donors (Lipinski definition) is 1. The zero-order valence-corrected chi connectivity index (χ0v) is 13.1. The molecule has 2 atom stereocenters. The van der Waals surface area contributed by atoms with Gasteiger partial charge in [0.2, 0.25) is 0 Å². The van der Waals surface area contributed by atoms with Crippen molar-refractivity contribution < 1.29 is 0 Å². The fraction of sp³-hybridized carbons (Fsp3) is 0.333. The van der Waals surface area contributed by atoms with Gasteiger partial charge < -0.3 is 5.73 Å². The quantitative estimate of drug-likeness (QED) is 0.661. The molecule has 2 N–H and O–H groups in total. The predicted molar refractivity (Wildman–Crippen MR) is 80.9 cm³/mol. The van der Waals surface area contributed by atoms with E-state index in [2.05, 4.69) is 45.0 Å². The minimum atomic E-state index is 0.121. The minimum Gasteiger partial charge on any atom is -0.326 e. The Hall–Kier alpha value is -0.430. The molecule has 0 aromatic carbocycles. The van der Waals surface area contributed by atoms with Crippen LogP contribution in [0.15, 0.2) is 39.5 Å². The number of nitrogens with zero attached hydrogens (tertiary/aromatic N) is 2. The molecule has 2 rings (SSSR count). The van der Waals surface area contributed by atoms with E-state index >= 15 is 0 Å². The highest BCUT2D eigenvalue weighted by molar-refractivity contribution is 9.11. The molecule has 96 valence electrons. The van der Waals surface area contributed by atoms with Gasteiger partial charge in [-0.2, -0.15) is 0 Å². The molecule has 0 aliphatic carbocycles. The van der Waals surface area contributed by atoms with Crippen molar-refractivity contribution in [2.75, 3.05) is 0 Å². The maximum atomic E-state index is 6.23. The third-order valence-electron chi connectivity index (χ3n) is 2.54. The van der Waals surface area contributed by atoms with Gasteiger partial charge in [-0.15, -0.1) is 11.3 Å². The van der Waals surface area contributed by atoms with Gasteiger partial charge >= 0.3 is 0 Å². The molecule has 0 fully saturated rings. The van der Waals surface area contributed by atoms with Crippen LogP contribution in [0.4, 0.5) is 0 Å². The van der Waals surface area contributed by atoms with Crippen molar-refractivity contribution in [2.45, 2.75) is 29.7 Å². The third-order valence-corrected chi connectivity index (χ3v) is 5.73. The number of nitrogens with two attached hydrogens (primary N) is 1. The molecule has 2 aromatic heterocycles. The lowest BCUT2D eigenvalue weighted by molar-refractivity contribution is 0.639. The molecule has 3 nitrogen and oxygen atoms in total.